The number of amides is 1. The molecule has 4 aromatic rings. The standard InChI is InChI=1S/C35H33Cl2NO8/c36-11-3-1-2-4-13-43-15-16-44-14-12-38-33(41)22-5-8-25-27(18-22)35(46-34(25)42)26-10-6-21-17-23(39)7-9-24(21)32(26)45-31-20-30(40)29(37)19-28(31)35/h5-10,17-20,39-40H,1-4,11-16H2,(H,38,41). The Bertz CT molecular complexity index is 1790. The van der Waals surface area contributed by atoms with Crippen LogP contribution < -0.4 is 10.1 Å². The zero-order chi connectivity index (χ0) is 32.3. The van der Waals surface area contributed by atoms with Crippen molar-refractivity contribution in [3.05, 3.63) is 93.5 Å². The number of halogens is 2. The summed E-state index contributed by atoms with van der Waals surface area (Å²) in [6, 6.07) is 16.1. The Kier molecular flexibility index (Phi) is 9.56. The monoisotopic (exact) mass is 665 g/mol. The highest BCUT2D eigenvalue weighted by Gasteiger charge is 2.54. The Hall–Kier alpha value is -4.02. The maximum atomic E-state index is 13.4. The third kappa shape index (κ3) is 6.08. The molecule has 6 rings (SSSR count). The summed E-state index contributed by atoms with van der Waals surface area (Å²) in [7, 11) is 0. The number of phenolic OH excluding ortho intramolecular Hbond substituents is 2. The summed E-state index contributed by atoms with van der Waals surface area (Å²) in [4.78, 5) is 26.6. The van der Waals surface area contributed by atoms with E-state index in [0.717, 1.165) is 25.7 Å². The van der Waals surface area contributed by atoms with Gasteiger partial charge in [-0.05, 0) is 66.8 Å². The van der Waals surface area contributed by atoms with Gasteiger partial charge in [0.25, 0.3) is 5.91 Å². The first-order valence-corrected chi connectivity index (χ1v) is 16.1. The maximum absolute atomic E-state index is 13.4. The number of unbranched alkanes of at least 4 members (excludes halogenated alkanes) is 3. The molecule has 0 fully saturated rings. The minimum absolute atomic E-state index is 0.0435. The quantitative estimate of drug-likeness (QED) is 0.0790. The summed E-state index contributed by atoms with van der Waals surface area (Å²) < 4.78 is 23.7. The Morgan fingerprint density at radius 3 is 2.48 bits per heavy atom. The lowest BCUT2D eigenvalue weighted by atomic mass is 9.76. The van der Waals surface area contributed by atoms with Crippen LogP contribution in [0.15, 0.2) is 60.7 Å². The van der Waals surface area contributed by atoms with Crippen molar-refractivity contribution in [3.63, 3.8) is 0 Å². The molecular weight excluding hydrogens is 633 g/mol. The molecule has 3 N–H and O–H groups in total. The van der Waals surface area contributed by atoms with Crippen LogP contribution in [0.25, 0.3) is 10.8 Å². The first-order chi connectivity index (χ1) is 22.3. The average molecular weight is 667 g/mol. The van der Waals surface area contributed by atoms with Gasteiger partial charge in [0.2, 0.25) is 0 Å². The molecule has 240 valence electrons. The van der Waals surface area contributed by atoms with Crippen molar-refractivity contribution in [1.82, 2.24) is 5.32 Å². The van der Waals surface area contributed by atoms with Gasteiger partial charge in [-0.25, -0.2) is 4.79 Å². The van der Waals surface area contributed by atoms with Gasteiger partial charge in [0.05, 0.1) is 30.4 Å². The summed E-state index contributed by atoms with van der Waals surface area (Å²) in [6.07, 6.45) is 4.22. The lowest BCUT2D eigenvalue weighted by molar-refractivity contribution is 0.0225. The van der Waals surface area contributed by atoms with Crippen molar-refractivity contribution >= 4 is 45.9 Å². The van der Waals surface area contributed by atoms with Crippen LogP contribution in [-0.4, -0.2) is 60.9 Å². The predicted octanol–water partition coefficient (Wildman–Crippen LogP) is 7.03. The Balaban J connectivity index is 1.22. The van der Waals surface area contributed by atoms with Gasteiger partial charge in [-0.3, -0.25) is 4.79 Å². The number of phenols is 2. The van der Waals surface area contributed by atoms with Crippen LogP contribution in [0.3, 0.4) is 0 Å². The van der Waals surface area contributed by atoms with Crippen molar-refractivity contribution in [1.29, 1.82) is 0 Å². The van der Waals surface area contributed by atoms with Crippen molar-refractivity contribution in [2.45, 2.75) is 31.3 Å². The van der Waals surface area contributed by atoms with Gasteiger partial charge in [0.15, 0.2) is 5.60 Å². The number of rotatable bonds is 13. The molecule has 2 aliphatic rings. The normalized spacial score (nSPS) is 16.1. The maximum Gasteiger partial charge on any atom is 0.340 e. The minimum Gasteiger partial charge on any atom is -0.508 e. The molecule has 9 nitrogen and oxygen atoms in total. The lowest BCUT2D eigenvalue weighted by Gasteiger charge is -2.37. The van der Waals surface area contributed by atoms with E-state index in [2.05, 4.69) is 5.32 Å². The molecule has 0 radical (unpaired) electrons. The Labute approximate surface area is 275 Å². The summed E-state index contributed by atoms with van der Waals surface area (Å²) in [5, 5.41) is 24.8. The molecule has 1 unspecified atom stereocenters. The van der Waals surface area contributed by atoms with E-state index in [-0.39, 0.29) is 40.3 Å². The van der Waals surface area contributed by atoms with Crippen LogP contribution in [0, 0.1) is 0 Å². The van der Waals surface area contributed by atoms with Crippen molar-refractivity contribution < 1.29 is 38.7 Å². The first-order valence-electron chi connectivity index (χ1n) is 15.2. The van der Waals surface area contributed by atoms with Crippen LogP contribution in [0.5, 0.6) is 23.0 Å². The molecule has 46 heavy (non-hydrogen) atoms. The van der Waals surface area contributed by atoms with E-state index < -0.39 is 11.6 Å². The first kappa shape index (κ1) is 31.9. The summed E-state index contributed by atoms with van der Waals surface area (Å²) in [5.41, 5.74) is 0.424. The van der Waals surface area contributed by atoms with Gasteiger partial charge in [-0.2, -0.15) is 0 Å². The highest BCUT2D eigenvalue weighted by atomic mass is 35.5. The highest BCUT2D eigenvalue weighted by Crippen LogP contribution is 2.58. The molecule has 2 aliphatic heterocycles. The third-order valence-corrected chi connectivity index (χ3v) is 8.75. The molecule has 2 heterocycles. The van der Waals surface area contributed by atoms with Gasteiger partial charge in [0, 0.05) is 52.7 Å². The summed E-state index contributed by atoms with van der Waals surface area (Å²) >= 11 is 12.1. The number of esters is 1. The van der Waals surface area contributed by atoms with E-state index in [1.54, 1.807) is 42.5 Å². The average Bonchev–Trinajstić information content (AvgIpc) is 3.34. The fourth-order valence-electron chi connectivity index (χ4n) is 5.95. The molecule has 0 saturated heterocycles. The molecule has 1 atom stereocenters. The molecule has 1 spiro atoms. The smallest absolute Gasteiger partial charge is 0.340 e. The molecule has 0 bridgehead atoms. The topological polar surface area (TPSA) is 124 Å². The van der Waals surface area contributed by atoms with E-state index in [9.17, 15) is 19.8 Å². The molecule has 4 aromatic carbocycles. The number of benzene rings is 4. The molecule has 11 heteroatoms. The van der Waals surface area contributed by atoms with E-state index in [4.69, 9.17) is 42.1 Å². The fourth-order valence-corrected chi connectivity index (χ4v) is 6.30. The van der Waals surface area contributed by atoms with E-state index in [1.165, 1.54) is 18.2 Å². The number of carbonyl (C=O) groups is 2. The van der Waals surface area contributed by atoms with Gasteiger partial charge in [0.1, 0.15) is 23.0 Å². The van der Waals surface area contributed by atoms with Crippen LogP contribution in [0.1, 0.15) is 63.1 Å². The molecule has 1 amide bonds. The Morgan fingerprint density at radius 1 is 0.848 bits per heavy atom. The van der Waals surface area contributed by atoms with Gasteiger partial charge >= 0.3 is 5.97 Å². The molecule has 0 aliphatic carbocycles. The second kappa shape index (κ2) is 13.8. The van der Waals surface area contributed by atoms with Gasteiger partial charge in [-0.15, -0.1) is 11.6 Å². The molecule has 0 saturated carbocycles. The van der Waals surface area contributed by atoms with Gasteiger partial charge < -0.3 is 34.5 Å². The molecular formula is C35H33Cl2NO8. The van der Waals surface area contributed by atoms with Crippen molar-refractivity contribution in [3.8, 4) is 23.0 Å². The third-order valence-electron chi connectivity index (χ3n) is 8.18. The number of hydrogen-bond donors (Lipinski definition) is 3. The fraction of sp³-hybridized carbons (Fsp3) is 0.314. The van der Waals surface area contributed by atoms with E-state index in [1.807, 2.05) is 0 Å². The van der Waals surface area contributed by atoms with Crippen LogP contribution in [-0.2, 0) is 19.8 Å². The number of carbonyl (C=O) groups excluding carboxylic acids is 2. The van der Waals surface area contributed by atoms with Crippen LogP contribution >= 0.6 is 23.2 Å². The zero-order valence-electron chi connectivity index (χ0n) is 24.9. The molecule has 0 aromatic heterocycles. The number of fused-ring (bicyclic) bond motifs is 8. The van der Waals surface area contributed by atoms with Gasteiger partial charge in [-0.1, -0.05) is 30.5 Å². The van der Waals surface area contributed by atoms with E-state index in [0.29, 0.717) is 71.1 Å². The van der Waals surface area contributed by atoms with Crippen molar-refractivity contribution in [2.75, 3.05) is 38.9 Å². The number of aromatic hydroxyl groups is 2. The number of nitrogens with one attached hydrogen (secondary N) is 1. The van der Waals surface area contributed by atoms with Crippen molar-refractivity contribution in [2.24, 2.45) is 0 Å². The Morgan fingerprint density at radius 2 is 1.65 bits per heavy atom. The SMILES string of the molecule is O=C(NCCOCCOCCCCCCCl)c1ccc2c(c1)C1(OC2=O)c2cc(Cl)c(O)cc2Oc2c1ccc1cc(O)ccc21. The number of hydrogen-bond acceptors (Lipinski definition) is 8. The number of ether oxygens (including phenoxy) is 4. The predicted molar refractivity (Wildman–Crippen MR) is 174 cm³/mol. The highest BCUT2D eigenvalue weighted by molar-refractivity contribution is 6.32. The summed E-state index contributed by atoms with van der Waals surface area (Å²) in [6.45, 7) is 2.18. The zero-order valence-corrected chi connectivity index (χ0v) is 26.5. The van der Waals surface area contributed by atoms with E-state index >= 15 is 0 Å². The lowest BCUT2D eigenvalue weighted by Crippen LogP contribution is -2.33. The summed E-state index contributed by atoms with van der Waals surface area (Å²) in [5.74, 6) is 0.256. The largest absolute Gasteiger partial charge is 0.508 e. The minimum atomic E-state index is -1.53. The number of alkyl halides is 1. The second-order valence-corrected chi connectivity index (χ2v) is 11.9. The van der Waals surface area contributed by atoms with Crippen LogP contribution in [0.2, 0.25) is 5.02 Å². The van der Waals surface area contributed by atoms with Crippen LogP contribution in [0.4, 0.5) is 0 Å². The second-order valence-electron chi connectivity index (χ2n) is 11.2.